The summed E-state index contributed by atoms with van der Waals surface area (Å²) in [4.78, 5) is 13.6. The second kappa shape index (κ2) is 9.95. The molecule has 4 rings (SSSR count). The molecule has 1 saturated heterocycles. The van der Waals surface area contributed by atoms with E-state index in [1.54, 1.807) is 6.07 Å². The van der Waals surface area contributed by atoms with Crippen LogP contribution in [-0.2, 0) is 0 Å². The second-order valence-electron chi connectivity index (χ2n) is 9.19. The van der Waals surface area contributed by atoms with Gasteiger partial charge in [0.15, 0.2) is 11.6 Å². The predicted octanol–water partition coefficient (Wildman–Crippen LogP) is 3.61. The number of nitrogens with one attached hydrogen (secondary N) is 2. The molecule has 1 aromatic heterocycles. The average Bonchev–Trinajstić information content (AvgIpc) is 3.30. The third-order valence-corrected chi connectivity index (χ3v) is 6.81. The Morgan fingerprint density at radius 2 is 1.97 bits per heavy atom. The van der Waals surface area contributed by atoms with Crippen molar-refractivity contribution in [3.05, 3.63) is 24.0 Å². The summed E-state index contributed by atoms with van der Waals surface area (Å²) in [7, 11) is 3.46. The van der Waals surface area contributed by atoms with Crippen LogP contribution in [0.2, 0.25) is 0 Å². The number of nitrogen functional groups attached to an aromatic ring is 1. The lowest BCUT2D eigenvalue weighted by Gasteiger charge is -2.33. The van der Waals surface area contributed by atoms with Gasteiger partial charge in [0, 0.05) is 18.7 Å². The van der Waals surface area contributed by atoms with Gasteiger partial charge in [0.1, 0.15) is 12.2 Å². The summed E-state index contributed by atoms with van der Waals surface area (Å²) in [5.74, 6) is 1.58. The molecule has 0 radical (unpaired) electrons. The number of halogens is 1. The molecule has 1 aromatic carbocycles. The van der Waals surface area contributed by atoms with Crippen LogP contribution in [0.25, 0.3) is 0 Å². The van der Waals surface area contributed by atoms with Gasteiger partial charge in [0.05, 0.1) is 20.2 Å². The summed E-state index contributed by atoms with van der Waals surface area (Å²) < 4.78 is 20.0. The van der Waals surface area contributed by atoms with Gasteiger partial charge in [-0.2, -0.15) is 4.98 Å². The van der Waals surface area contributed by atoms with E-state index in [0.717, 1.165) is 31.6 Å². The van der Waals surface area contributed by atoms with Gasteiger partial charge in [0.2, 0.25) is 11.9 Å². The molecule has 2 unspecified atom stereocenters. The van der Waals surface area contributed by atoms with E-state index < -0.39 is 5.82 Å². The van der Waals surface area contributed by atoms with Gasteiger partial charge in [0.25, 0.3) is 0 Å². The highest BCUT2D eigenvalue weighted by Crippen LogP contribution is 2.35. The fraction of sp³-hybridized carbons (Fsp3) is 0.609. The molecule has 1 saturated carbocycles. The minimum atomic E-state index is -0.411. The fourth-order valence-electron chi connectivity index (χ4n) is 4.93. The third kappa shape index (κ3) is 5.10. The summed E-state index contributed by atoms with van der Waals surface area (Å²) in [5.41, 5.74) is 6.84. The summed E-state index contributed by atoms with van der Waals surface area (Å²) in [6.45, 7) is 2.49. The van der Waals surface area contributed by atoms with E-state index in [0.29, 0.717) is 24.4 Å². The molecule has 1 aliphatic heterocycles. The molecule has 0 bridgehead atoms. The highest BCUT2D eigenvalue weighted by molar-refractivity contribution is 5.56. The molecule has 9 heteroatoms. The van der Waals surface area contributed by atoms with Gasteiger partial charge in [-0.15, -0.1) is 9.97 Å². The summed E-state index contributed by atoms with van der Waals surface area (Å²) in [6.07, 6.45) is 8.52. The summed E-state index contributed by atoms with van der Waals surface area (Å²) in [6, 6.07) is 5.30. The molecule has 174 valence electrons. The van der Waals surface area contributed by atoms with E-state index in [4.69, 9.17) is 15.5 Å². The molecule has 4 N–H and O–H groups in total. The van der Waals surface area contributed by atoms with Crippen LogP contribution in [0.5, 0.6) is 5.75 Å². The summed E-state index contributed by atoms with van der Waals surface area (Å²) in [5, 5.41) is 6.91. The number of quaternary nitrogens is 1. The van der Waals surface area contributed by atoms with Gasteiger partial charge in [-0.1, -0.05) is 19.3 Å². The topological polar surface area (TPSA) is 98.0 Å². The molecule has 2 heterocycles. The van der Waals surface area contributed by atoms with Gasteiger partial charge >= 0.3 is 5.95 Å². The molecule has 0 amide bonds. The molecule has 2 fully saturated rings. The molecular formula is C23H35FN7O+. The normalized spacial score (nSPS) is 21.3. The van der Waals surface area contributed by atoms with Crippen LogP contribution in [-0.4, -0.2) is 54.8 Å². The lowest BCUT2D eigenvalue weighted by Crippen LogP contribution is -2.49. The SMILES string of the molecule is COc1ccc([N+](C)(CC2CCCN2)c2nc(N)nc(NCC3CCCCC3)n2)cc1F. The lowest BCUT2D eigenvalue weighted by atomic mass is 9.89. The fourth-order valence-corrected chi connectivity index (χ4v) is 4.93. The van der Waals surface area contributed by atoms with Crippen LogP contribution in [0.15, 0.2) is 18.2 Å². The maximum absolute atomic E-state index is 14.7. The Hall–Kier alpha value is -2.52. The quantitative estimate of drug-likeness (QED) is 0.535. The number of methoxy groups -OCH3 is 1. The van der Waals surface area contributed by atoms with Gasteiger partial charge in [-0.05, 0) is 44.2 Å². The zero-order chi connectivity index (χ0) is 22.6. The van der Waals surface area contributed by atoms with Crippen molar-refractivity contribution in [2.45, 2.75) is 51.0 Å². The van der Waals surface area contributed by atoms with Crippen molar-refractivity contribution in [3.8, 4) is 5.75 Å². The maximum atomic E-state index is 14.7. The molecule has 32 heavy (non-hydrogen) atoms. The van der Waals surface area contributed by atoms with Crippen LogP contribution < -0.4 is 25.6 Å². The number of nitrogens with zero attached hydrogens (tertiary/aromatic N) is 4. The summed E-state index contributed by atoms with van der Waals surface area (Å²) >= 11 is 0. The first-order valence-corrected chi connectivity index (χ1v) is 11.7. The van der Waals surface area contributed by atoms with Crippen molar-refractivity contribution in [3.63, 3.8) is 0 Å². The van der Waals surface area contributed by atoms with Gasteiger partial charge in [-0.25, -0.2) is 8.87 Å². The van der Waals surface area contributed by atoms with E-state index in [1.807, 2.05) is 13.1 Å². The highest BCUT2D eigenvalue weighted by Gasteiger charge is 2.37. The first kappa shape index (κ1) is 22.7. The average molecular weight is 445 g/mol. The largest absolute Gasteiger partial charge is 0.494 e. The van der Waals surface area contributed by atoms with Crippen molar-refractivity contribution in [1.29, 1.82) is 0 Å². The number of hydrogen-bond acceptors (Lipinski definition) is 7. The molecule has 1 aliphatic carbocycles. The molecule has 8 nitrogen and oxygen atoms in total. The molecule has 2 atom stereocenters. The number of nitrogens with two attached hydrogens (primary N) is 1. The van der Waals surface area contributed by atoms with E-state index in [1.165, 1.54) is 45.3 Å². The Balaban J connectivity index is 1.65. The number of likely N-dealkylation sites (N-methyl/N-ethyl adjacent to an activating group) is 1. The predicted molar refractivity (Wildman–Crippen MR) is 126 cm³/mol. The lowest BCUT2D eigenvalue weighted by molar-refractivity contribution is 0.368. The van der Waals surface area contributed by atoms with Crippen LogP contribution in [0.1, 0.15) is 44.9 Å². The minimum Gasteiger partial charge on any atom is -0.494 e. The Morgan fingerprint density at radius 1 is 1.16 bits per heavy atom. The smallest absolute Gasteiger partial charge is 0.340 e. The zero-order valence-electron chi connectivity index (χ0n) is 19.1. The second-order valence-corrected chi connectivity index (χ2v) is 9.19. The third-order valence-electron chi connectivity index (χ3n) is 6.81. The van der Waals surface area contributed by atoms with Crippen LogP contribution in [0.3, 0.4) is 0 Å². The van der Waals surface area contributed by atoms with Crippen LogP contribution >= 0.6 is 0 Å². The number of anilines is 2. The van der Waals surface area contributed by atoms with Gasteiger partial charge < -0.3 is 21.1 Å². The molecular weight excluding hydrogens is 409 g/mol. The van der Waals surface area contributed by atoms with Gasteiger partial charge in [-0.3, -0.25) is 0 Å². The Morgan fingerprint density at radius 3 is 2.66 bits per heavy atom. The molecule has 0 spiro atoms. The Bertz CT molecular complexity index is 915. The van der Waals surface area contributed by atoms with Crippen molar-refractivity contribution in [1.82, 2.24) is 24.8 Å². The van der Waals surface area contributed by atoms with E-state index in [9.17, 15) is 4.39 Å². The molecule has 2 aliphatic rings. The van der Waals surface area contributed by atoms with Crippen molar-refractivity contribution in [2.24, 2.45) is 5.92 Å². The maximum Gasteiger partial charge on any atom is 0.340 e. The first-order valence-electron chi connectivity index (χ1n) is 11.7. The first-order chi connectivity index (χ1) is 15.5. The van der Waals surface area contributed by atoms with Crippen LogP contribution in [0, 0.1) is 11.7 Å². The Kier molecular flexibility index (Phi) is 7.05. The zero-order valence-corrected chi connectivity index (χ0v) is 19.1. The standard InChI is InChI=1S/C23H35FN7O/c1-31(15-17-9-6-12-26-17,18-10-11-20(32-2)19(24)13-18)23-29-21(25)28-22(30-23)27-14-16-7-4-3-5-8-16/h10-11,13,16-17,26H,3-9,12,14-15H2,1-2H3,(H3,25,27,28,29,30)/q+1. The number of aromatic nitrogens is 3. The van der Waals surface area contributed by atoms with E-state index in [-0.39, 0.29) is 22.2 Å². The number of rotatable bonds is 8. The van der Waals surface area contributed by atoms with Crippen molar-refractivity contribution >= 4 is 23.5 Å². The monoisotopic (exact) mass is 444 g/mol. The number of benzene rings is 1. The Labute approximate surface area is 189 Å². The number of ether oxygens (including phenoxy) is 1. The van der Waals surface area contributed by atoms with E-state index >= 15 is 0 Å². The number of hydrogen-bond donors (Lipinski definition) is 3. The van der Waals surface area contributed by atoms with E-state index in [2.05, 4.69) is 20.6 Å². The molecule has 2 aromatic rings. The van der Waals surface area contributed by atoms with Crippen molar-refractivity contribution in [2.75, 3.05) is 44.8 Å². The van der Waals surface area contributed by atoms with Crippen LogP contribution in [0.4, 0.5) is 27.9 Å². The highest BCUT2D eigenvalue weighted by atomic mass is 19.1. The minimum absolute atomic E-state index is 0.166. The van der Waals surface area contributed by atoms with Crippen molar-refractivity contribution < 1.29 is 9.13 Å².